The average molecular weight is 413 g/mol. The zero-order valence-electron chi connectivity index (χ0n) is 17.5. The Bertz CT molecular complexity index is 883. The number of ether oxygens (including phenoxy) is 1. The van der Waals surface area contributed by atoms with Gasteiger partial charge in [-0.25, -0.2) is 4.39 Å². The van der Waals surface area contributed by atoms with Crippen LogP contribution in [0.5, 0.6) is 0 Å². The molecule has 0 spiro atoms. The van der Waals surface area contributed by atoms with E-state index in [2.05, 4.69) is 5.10 Å². The number of hydrogen-bond donors (Lipinski definition) is 0. The van der Waals surface area contributed by atoms with Crippen LogP contribution in [-0.4, -0.2) is 46.3 Å². The van der Waals surface area contributed by atoms with Crippen LogP contribution in [0.15, 0.2) is 42.7 Å². The molecule has 1 aliphatic rings. The lowest BCUT2D eigenvalue weighted by atomic mass is 9.78. The second-order valence-electron chi connectivity index (χ2n) is 7.61. The molecule has 160 valence electrons. The molecule has 0 radical (unpaired) electrons. The van der Waals surface area contributed by atoms with Gasteiger partial charge in [0.15, 0.2) is 0 Å². The van der Waals surface area contributed by atoms with Crippen LogP contribution in [0.2, 0.25) is 0 Å². The zero-order chi connectivity index (χ0) is 21.5. The maximum absolute atomic E-state index is 13.4. The maximum atomic E-state index is 13.4. The number of piperidine rings is 1. The van der Waals surface area contributed by atoms with Crippen LogP contribution in [0.1, 0.15) is 43.2 Å². The predicted octanol–water partition coefficient (Wildman–Crippen LogP) is 3.55. The monoisotopic (exact) mass is 413 g/mol. The molecule has 0 aliphatic carbocycles. The van der Waals surface area contributed by atoms with Crippen molar-refractivity contribution in [2.45, 2.75) is 32.1 Å². The molecule has 1 aromatic carbocycles. The van der Waals surface area contributed by atoms with E-state index in [0.717, 1.165) is 24.0 Å². The highest BCUT2D eigenvalue weighted by atomic mass is 19.1. The van der Waals surface area contributed by atoms with Gasteiger partial charge in [0, 0.05) is 38.0 Å². The summed E-state index contributed by atoms with van der Waals surface area (Å²) >= 11 is 0. The lowest BCUT2D eigenvalue weighted by molar-refractivity contribution is -0.144. The summed E-state index contributed by atoms with van der Waals surface area (Å²) in [7, 11) is 1.83. The highest BCUT2D eigenvalue weighted by Gasteiger charge is 2.30. The Hall–Kier alpha value is -2.96. The fraction of sp³-hybridized carbons (Fsp3) is 0.435. The summed E-state index contributed by atoms with van der Waals surface area (Å²) in [6.45, 7) is 3.38. The summed E-state index contributed by atoms with van der Waals surface area (Å²) in [5.74, 6) is -0.390. The molecule has 6 nitrogen and oxygen atoms in total. The van der Waals surface area contributed by atoms with E-state index in [1.165, 1.54) is 12.1 Å². The van der Waals surface area contributed by atoms with Gasteiger partial charge in [-0.1, -0.05) is 12.1 Å². The summed E-state index contributed by atoms with van der Waals surface area (Å²) in [5, 5.41) is 4.09. The Morgan fingerprint density at radius 2 is 1.97 bits per heavy atom. The van der Waals surface area contributed by atoms with Gasteiger partial charge in [0.05, 0.1) is 19.2 Å². The fourth-order valence-electron chi connectivity index (χ4n) is 3.99. The van der Waals surface area contributed by atoms with Crippen LogP contribution in [0.25, 0.3) is 6.08 Å². The zero-order valence-corrected chi connectivity index (χ0v) is 17.5. The number of aromatic nitrogens is 2. The van der Waals surface area contributed by atoms with Crippen LogP contribution in [-0.2, 0) is 21.4 Å². The summed E-state index contributed by atoms with van der Waals surface area (Å²) in [5.41, 5.74) is 1.82. The van der Waals surface area contributed by atoms with Gasteiger partial charge in [-0.15, -0.1) is 0 Å². The Morgan fingerprint density at radius 1 is 1.27 bits per heavy atom. The van der Waals surface area contributed by atoms with E-state index >= 15 is 0 Å². The smallest absolute Gasteiger partial charge is 0.306 e. The SMILES string of the molecule is CCOC(=O)CC(c1ccc(F)cc1)C1CCN(C(=O)C=Cc2cnn(C)c2)CC1. The number of hydrogen-bond acceptors (Lipinski definition) is 4. The van der Waals surface area contributed by atoms with E-state index in [1.807, 2.05) is 18.1 Å². The van der Waals surface area contributed by atoms with E-state index in [4.69, 9.17) is 4.74 Å². The normalized spacial score (nSPS) is 16.0. The van der Waals surface area contributed by atoms with Gasteiger partial charge < -0.3 is 9.64 Å². The average Bonchev–Trinajstić information content (AvgIpc) is 3.16. The lowest BCUT2D eigenvalue weighted by Gasteiger charge is -2.35. The van der Waals surface area contributed by atoms with Crippen LogP contribution >= 0.6 is 0 Å². The minimum atomic E-state index is -0.297. The topological polar surface area (TPSA) is 64.4 Å². The first-order chi connectivity index (χ1) is 14.5. The molecule has 3 rings (SSSR count). The largest absolute Gasteiger partial charge is 0.466 e. The molecule has 1 unspecified atom stereocenters. The lowest BCUT2D eigenvalue weighted by Crippen LogP contribution is -2.39. The maximum Gasteiger partial charge on any atom is 0.306 e. The van der Waals surface area contributed by atoms with E-state index in [9.17, 15) is 14.0 Å². The molecule has 1 fully saturated rings. The van der Waals surface area contributed by atoms with Crippen molar-refractivity contribution >= 4 is 18.0 Å². The summed E-state index contributed by atoms with van der Waals surface area (Å²) in [6.07, 6.45) is 8.73. The number of nitrogens with zero attached hydrogens (tertiary/aromatic N) is 3. The Balaban J connectivity index is 1.63. The van der Waals surface area contributed by atoms with Gasteiger partial charge in [-0.2, -0.15) is 5.10 Å². The van der Waals surface area contributed by atoms with Crippen molar-refractivity contribution in [3.8, 4) is 0 Å². The minimum Gasteiger partial charge on any atom is -0.466 e. The third-order valence-electron chi connectivity index (χ3n) is 5.55. The van der Waals surface area contributed by atoms with Crippen molar-refractivity contribution in [3.05, 3.63) is 59.7 Å². The van der Waals surface area contributed by atoms with Crippen molar-refractivity contribution in [1.29, 1.82) is 0 Å². The number of esters is 1. The number of amides is 1. The van der Waals surface area contributed by atoms with Crippen molar-refractivity contribution < 1.29 is 18.7 Å². The summed E-state index contributed by atoms with van der Waals surface area (Å²) in [4.78, 5) is 26.5. The van der Waals surface area contributed by atoms with Crippen molar-refractivity contribution in [3.63, 3.8) is 0 Å². The first-order valence-corrected chi connectivity index (χ1v) is 10.3. The number of likely N-dealkylation sites (tertiary alicyclic amines) is 1. The molecule has 1 atom stereocenters. The van der Waals surface area contributed by atoms with Crippen molar-refractivity contribution in [2.24, 2.45) is 13.0 Å². The molecule has 7 heteroatoms. The highest BCUT2D eigenvalue weighted by Crippen LogP contribution is 2.36. The molecule has 1 amide bonds. The quantitative estimate of drug-likeness (QED) is 0.514. The van der Waals surface area contributed by atoms with E-state index in [1.54, 1.807) is 42.1 Å². The standard InChI is InChI=1S/C23H28FN3O3/c1-3-30-23(29)14-21(18-5-7-20(24)8-6-18)19-10-12-27(13-11-19)22(28)9-4-17-15-25-26(2)16-17/h4-9,15-16,19,21H,3,10-14H2,1-2H3. The van der Waals surface area contributed by atoms with Crippen molar-refractivity contribution in [2.75, 3.05) is 19.7 Å². The molecule has 1 aliphatic heterocycles. The Labute approximate surface area is 176 Å². The third-order valence-corrected chi connectivity index (χ3v) is 5.55. The third kappa shape index (κ3) is 5.78. The second kappa shape index (κ2) is 10.2. The van der Waals surface area contributed by atoms with Crippen LogP contribution in [0.3, 0.4) is 0 Å². The molecule has 0 bridgehead atoms. The molecular formula is C23H28FN3O3. The van der Waals surface area contributed by atoms with E-state index < -0.39 is 0 Å². The van der Waals surface area contributed by atoms with Gasteiger partial charge in [0.25, 0.3) is 0 Å². The van der Waals surface area contributed by atoms with Gasteiger partial charge in [0.2, 0.25) is 5.91 Å². The predicted molar refractivity (Wildman–Crippen MR) is 112 cm³/mol. The first kappa shape index (κ1) is 21.7. The number of carbonyl (C=O) groups is 2. The van der Waals surface area contributed by atoms with Crippen LogP contribution in [0, 0.1) is 11.7 Å². The number of halogens is 1. The Morgan fingerprint density at radius 3 is 2.57 bits per heavy atom. The minimum absolute atomic E-state index is 0.0268. The molecule has 1 saturated heterocycles. The van der Waals surface area contributed by atoms with Crippen LogP contribution < -0.4 is 0 Å². The number of carbonyl (C=O) groups excluding carboxylic acids is 2. The molecule has 2 aromatic rings. The van der Waals surface area contributed by atoms with E-state index in [-0.39, 0.29) is 36.0 Å². The van der Waals surface area contributed by atoms with Gasteiger partial charge in [-0.3, -0.25) is 14.3 Å². The summed E-state index contributed by atoms with van der Waals surface area (Å²) in [6, 6.07) is 6.34. The van der Waals surface area contributed by atoms with Gasteiger partial charge in [-0.05, 0) is 55.4 Å². The summed E-state index contributed by atoms with van der Waals surface area (Å²) < 4.78 is 20.2. The highest BCUT2D eigenvalue weighted by molar-refractivity contribution is 5.91. The number of benzene rings is 1. The first-order valence-electron chi connectivity index (χ1n) is 10.3. The number of rotatable bonds is 7. The van der Waals surface area contributed by atoms with Crippen molar-refractivity contribution in [1.82, 2.24) is 14.7 Å². The molecule has 0 saturated carbocycles. The van der Waals surface area contributed by atoms with Gasteiger partial charge in [0.1, 0.15) is 5.82 Å². The molecule has 0 N–H and O–H groups in total. The Kier molecular flexibility index (Phi) is 7.38. The molecule has 1 aromatic heterocycles. The molecule has 2 heterocycles. The van der Waals surface area contributed by atoms with Crippen LogP contribution in [0.4, 0.5) is 4.39 Å². The van der Waals surface area contributed by atoms with E-state index in [0.29, 0.717) is 19.7 Å². The fourth-order valence-corrected chi connectivity index (χ4v) is 3.99. The second-order valence-corrected chi connectivity index (χ2v) is 7.61. The van der Waals surface area contributed by atoms with Gasteiger partial charge >= 0.3 is 5.97 Å². The molecular weight excluding hydrogens is 385 g/mol. The molecule has 30 heavy (non-hydrogen) atoms. The number of aryl methyl sites for hydroxylation is 1.